The van der Waals surface area contributed by atoms with E-state index in [0.29, 0.717) is 30.5 Å². The van der Waals surface area contributed by atoms with E-state index >= 15 is 0 Å². The summed E-state index contributed by atoms with van der Waals surface area (Å²) < 4.78 is 0. The third kappa shape index (κ3) is 5.16. The maximum Gasteiger partial charge on any atom is 0.243 e. The topological polar surface area (TPSA) is 61.4 Å². The van der Waals surface area contributed by atoms with Gasteiger partial charge in [0.15, 0.2) is 0 Å². The van der Waals surface area contributed by atoms with Gasteiger partial charge in [-0.1, -0.05) is 20.8 Å². The highest BCUT2D eigenvalue weighted by Crippen LogP contribution is 2.26. The molecule has 126 valence electrons. The lowest BCUT2D eigenvalue weighted by Crippen LogP contribution is -2.49. The standard InChI is InChI=1S/C16H29N3O2S/c1-16(2,3)7-14(20)19-11-22-10-13(19)15(21)18-9-12-5-4-6-17-8-12/h12-13,17H,4-11H2,1-3H3,(H,18,21). The highest BCUT2D eigenvalue weighted by atomic mass is 32.2. The SMILES string of the molecule is CC(C)(C)CC(=O)N1CSCC1C(=O)NCC1CCCNC1. The van der Waals surface area contributed by atoms with Crippen LogP contribution >= 0.6 is 11.8 Å². The van der Waals surface area contributed by atoms with Gasteiger partial charge in [-0.2, -0.15) is 0 Å². The summed E-state index contributed by atoms with van der Waals surface area (Å²) in [5.74, 6) is 1.98. The van der Waals surface area contributed by atoms with Crippen LogP contribution in [0.25, 0.3) is 0 Å². The van der Waals surface area contributed by atoms with E-state index in [2.05, 4.69) is 31.4 Å². The number of piperidine rings is 1. The molecule has 0 aromatic heterocycles. The summed E-state index contributed by atoms with van der Waals surface area (Å²) >= 11 is 1.67. The molecule has 0 saturated carbocycles. The zero-order valence-corrected chi connectivity index (χ0v) is 14.8. The van der Waals surface area contributed by atoms with Gasteiger partial charge in [0, 0.05) is 18.7 Å². The van der Waals surface area contributed by atoms with Crippen LogP contribution in [-0.4, -0.2) is 54.0 Å². The zero-order valence-electron chi connectivity index (χ0n) is 14.0. The molecular weight excluding hydrogens is 298 g/mol. The summed E-state index contributed by atoms with van der Waals surface area (Å²) in [5, 5.41) is 6.42. The highest BCUT2D eigenvalue weighted by Gasteiger charge is 2.35. The Morgan fingerprint density at radius 1 is 1.36 bits per heavy atom. The number of hydrogen-bond acceptors (Lipinski definition) is 4. The third-order valence-electron chi connectivity index (χ3n) is 4.15. The van der Waals surface area contributed by atoms with E-state index in [4.69, 9.17) is 0 Å². The van der Waals surface area contributed by atoms with E-state index in [9.17, 15) is 9.59 Å². The second kappa shape index (κ2) is 7.68. The van der Waals surface area contributed by atoms with Crippen molar-refractivity contribution in [2.24, 2.45) is 11.3 Å². The maximum absolute atomic E-state index is 12.4. The van der Waals surface area contributed by atoms with Gasteiger partial charge in [0.2, 0.25) is 11.8 Å². The molecule has 0 bridgehead atoms. The van der Waals surface area contributed by atoms with E-state index in [0.717, 1.165) is 13.1 Å². The lowest BCUT2D eigenvalue weighted by atomic mass is 9.91. The van der Waals surface area contributed by atoms with Gasteiger partial charge in [0.1, 0.15) is 6.04 Å². The minimum absolute atomic E-state index is 0.0119. The van der Waals surface area contributed by atoms with Crippen molar-refractivity contribution >= 4 is 23.6 Å². The first-order valence-electron chi connectivity index (χ1n) is 8.22. The van der Waals surface area contributed by atoms with Crippen LogP contribution in [0.1, 0.15) is 40.0 Å². The minimum atomic E-state index is -0.295. The van der Waals surface area contributed by atoms with Crippen LogP contribution < -0.4 is 10.6 Å². The molecule has 2 fully saturated rings. The van der Waals surface area contributed by atoms with Crippen LogP contribution in [0, 0.1) is 11.3 Å². The number of rotatable bonds is 4. The first-order valence-corrected chi connectivity index (χ1v) is 9.38. The van der Waals surface area contributed by atoms with E-state index in [-0.39, 0.29) is 23.3 Å². The summed E-state index contributed by atoms with van der Waals surface area (Å²) in [6.07, 6.45) is 2.83. The van der Waals surface area contributed by atoms with Crippen molar-refractivity contribution in [1.82, 2.24) is 15.5 Å². The lowest BCUT2D eigenvalue weighted by molar-refractivity contribution is -0.139. The molecule has 2 rings (SSSR count). The van der Waals surface area contributed by atoms with Crippen molar-refractivity contribution in [3.8, 4) is 0 Å². The number of thioether (sulfide) groups is 1. The highest BCUT2D eigenvalue weighted by molar-refractivity contribution is 7.99. The zero-order chi connectivity index (χ0) is 16.2. The van der Waals surface area contributed by atoms with E-state index in [1.165, 1.54) is 12.8 Å². The van der Waals surface area contributed by atoms with E-state index < -0.39 is 0 Å². The fourth-order valence-corrected chi connectivity index (χ4v) is 4.10. The van der Waals surface area contributed by atoms with Crippen molar-refractivity contribution in [3.63, 3.8) is 0 Å². The lowest BCUT2D eigenvalue weighted by Gasteiger charge is -2.28. The molecule has 2 amide bonds. The molecule has 0 radical (unpaired) electrons. The fraction of sp³-hybridized carbons (Fsp3) is 0.875. The molecule has 0 aromatic rings. The van der Waals surface area contributed by atoms with E-state index in [1.807, 2.05) is 0 Å². The first-order chi connectivity index (χ1) is 10.4. The van der Waals surface area contributed by atoms with E-state index in [1.54, 1.807) is 16.7 Å². The number of nitrogens with zero attached hydrogens (tertiary/aromatic N) is 1. The van der Waals surface area contributed by atoms with Crippen molar-refractivity contribution < 1.29 is 9.59 Å². The second-order valence-electron chi connectivity index (χ2n) is 7.57. The molecule has 0 aliphatic carbocycles. The summed E-state index contributed by atoms with van der Waals surface area (Å²) in [5.41, 5.74) is -0.0425. The van der Waals surface area contributed by atoms with Gasteiger partial charge in [-0.3, -0.25) is 9.59 Å². The number of nitrogens with one attached hydrogen (secondary N) is 2. The van der Waals surface area contributed by atoms with Crippen molar-refractivity contribution in [2.75, 3.05) is 31.3 Å². The molecule has 0 spiro atoms. The molecule has 2 unspecified atom stereocenters. The predicted octanol–water partition coefficient (Wildman–Crippen LogP) is 1.44. The van der Waals surface area contributed by atoms with Gasteiger partial charge in [-0.05, 0) is 37.3 Å². The van der Waals surface area contributed by atoms with Gasteiger partial charge in [-0.25, -0.2) is 0 Å². The molecule has 2 aliphatic rings. The normalized spacial score (nSPS) is 26.0. The average Bonchev–Trinajstić information content (AvgIpc) is 2.93. The Labute approximate surface area is 138 Å². The Hall–Kier alpha value is -0.750. The van der Waals surface area contributed by atoms with Crippen LogP contribution in [-0.2, 0) is 9.59 Å². The Kier molecular flexibility index (Phi) is 6.15. The summed E-state index contributed by atoms with van der Waals surface area (Å²) in [6.45, 7) is 8.94. The van der Waals surface area contributed by atoms with Crippen molar-refractivity contribution in [3.05, 3.63) is 0 Å². The molecule has 2 N–H and O–H groups in total. The number of hydrogen-bond donors (Lipinski definition) is 2. The van der Waals surface area contributed by atoms with Gasteiger partial charge < -0.3 is 15.5 Å². The Morgan fingerprint density at radius 3 is 2.77 bits per heavy atom. The molecule has 2 aliphatic heterocycles. The number of carbonyl (C=O) groups is 2. The van der Waals surface area contributed by atoms with Crippen LogP contribution in [0.2, 0.25) is 0 Å². The minimum Gasteiger partial charge on any atom is -0.354 e. The molecule has 0 aromatic carbocycles. The van der Waals surface area contributed by atoms with Gasteiger partial charge in [0.25, 0.3) is 0 Å². The molecular formula is C16H29N3O2S. The summed E-state index contributed by atoms with van der Waals surface area (Å²) in [4.78, 5) is 26.6. The van der Waals surface area contributed by atoms with Crippen LogP contribution in [0.4, 0.5) is 0 Å². The Balaban J connectivity index is 1.83. The smallest absolute Gasteiger partial charge is 0.243 e. The average molecular weight is 327 g/mol. The quantitative estimate of drug-likeness (QED) is 0.820. The van der Waals surface area contributed by atoms with Gasteiger partial charge >= 0.3 is 0 Å². The monoisotopic (exact) mass is 327 g/mol. The Bertz CT molecular complexity index is 403. The number of amides is 2. The third-order valence-corrected chi connectivity index (χ3v) is 5.16. The first kappa shape index (κ1) is 17.6. The maximum atomic E-state index is 12.4. The molecule has 5 nitrogen and oxygen atoms in total. The van der Waals surface area contributed by atoms with Gasteiger partial charge in [0.05, 0.1) is 5.88 Å². The molecule has 22 heavy (non-hydrogen) atoms. The molecule has 2 atom stereocenters. The second-order valence-corrected chi connectivity index (χ2v) is 8.57. The van der Waals surface area contributed by atoms with Crippen molar-refractivity contribution in [2.45, 2.75) is 46.1 Å². The Morgan fingerprint density at radius 2 is 2.14 bits per heavy atom. The summed E-state index contributed by atoms with van der Waals surface area (Å²) in [6, 6.07) is -0.295. The molecule has 2 saturated heterocycles. The van der Waals surface area contributed by atoms with Crippen LogP contribution in [0.15, 0.2) is 0 Å². The van der Waals surface area contributed by atoms with Crippen LogP contribution in [0.3, 0.4) is 0 Å². The van der Waals surface area contributed by atoms with Gasteiger partial charge in [-0.15, -0.1) is 11.8 Å². The molecule has 6 heteroatoms. The van der Waals surface area contributed by atoms with Crippen molar-refractivity contribution in [1.29, 1.82) is 0 Å². The van der Waals surface area contributed by atoms with Crippen LogP contribution in [0.5, 0.6) is 0 Å². The predicted molar refractivity (Wildman–Crippen MR) is 90.6 cm³/mol. The fourth-order valence-electron chi connectivity index (χ4n) is 2.92. The largest absolute Gasteiger partial charge is 0.354 e. The summed E-state index contributed by atoms with van der Waals surface area (Å²) in [7, 11) is 0. The molecule has 2 heterocycles. The number of carbonyl (C=O) groups excluding carboxylic acids is 2.